The highest BCUT2D eigenvalue weighted by molar-refractivity contribution is 5.91. The molecule has 5 N–H and O–H groups in total. The maximum atomic E-state index is 14.2. The van der Waals surface area contributed by atoms with Crippen LogP contribution in [-0.4, -0.2) is 77.6 Å². The number of aromatic hydroxyl groups is 1. The van der Waals surface area contributed by atoms with Crippen LogP contribution in [-0.2, 0) is 22.3 Å². The van der Waals surface area contributed by atoms with Crippen molar-refractivity contribution in [1.29, 1.82) is 0 Å². The molecule has 5 aromatic rings. The highest BCUT2D eigenvalue weighted by atomic mass is 19.4. The Bertz CT molecular complexity index is 2330. The molecule has 3 saturated heterocycles. The molecule has 15 heteroatoms. The minimum atomic E-state index is -4.84. The first-order valence-corrected chi connectivity index (χ1v) is 20.0. The number of H-pyrrole nitrogens is 1. The molecule has 60 heavy (non-hydrogen) atoms. The Kier molecular flexibility index (Phi) is 13.4. The maximum Gasteiger partial charge on any atom is 0.417 e. The van der Waals surface area contributed by atoms with Gasteiger partial charge in [-0.1, -0.05) is 54.6 Å². The number of hydrogen-bond acceptors (Lipinski definition) is 10. The summed E-state index contributed by atoms with van der Waals surface area (Å²) < 4.78 is 59.8. The van der Waals surface area contributed by atoms with Crippen molar-refractivity contribution in [3.63, 3.8) is 0 Å². The molecule has 1 aromatic heterocycles. The second-order valence-electron chi connectivity index (χ2n) is 15.2. The number of carbonyl (C=O) groups excluding carboxylic acids is 2. The number of piperidine rings is 3. The molecular formula is C45H47F3N4O8. The zero-order valence-electron chi connectivity index (χ0n) is 32.8. The van der Waals surface area contributed by atoms with Gasteiger partial charge in [-0.25, -0.2) is 9.59 Å². The summed E-state index contributed by atoms with van der Waals surface area (Å²) in [5, 5.41) is 27.4. The molecule has 8 rings (SSSR count). The largest absolute Gasteiger partial charge is 0.506 e. The van der Waals surface area contributed by atoms with Gasteiger partial charge >= 0.3 is 18.2 Å². The number of amides is 1. The van der Waals surface area contributed by atoms with Crippen LogP contribution in [0.5, 0.6) is 11.5 Å². The number of fused-ring (bicyclic) bond motifs is 4. The number of nitrogens with one attached hydrogen (secondary N) is 3. The number of esters is 1. The Labute approximate surface area is 344 Å². The molecule has 0 aliphatic carbocycles. The van der Waals surface area contributed by atoms with Crippen LogP contribution in [0.1, 0.15) is 76.0 Å². The van der Waals surface area contributed by atoms with Gasteiger partial charge in [0.1, 0.15) is 24.2 Å². The molecule has 0 spiro atoms. The fourth-order valence-electron chi connectivity index (χ4n) is 7.88. The Hall–Kier alpha value is -5.90. The number of aromatic amines is 1. The molecule has 12 nitrogen and oxygen atoms in total. The molecule has 1 amide bonds. The standard InChI is InChI=1S/C45H47F3N4O8/c46-45(47,48)36-23-28(11-12-35(36)43(56)58-22-5-4-19-49-25-38(54)33-13-15-37(53)42-34(33)14-16-40(55)50-42)27-59-32-10-6-9-31(24-32)41(30-7-2-1-3-8-30)51-44(57)60-39-26-52-20-17-29(39)18-21-52/h1-3,6-16,23-24,29,38-39,41,49,53-54H,4-5,17-22,25-27H2,(H,50,55)(H,51,57)/t38?,39-,41?/m0/s1. The van der Waals surface area contributed by atoms with Gasteiger partial charge in [0.25, 0.3) is 0 Å². The van der Waals surface area contributed by atoms with Gasteiger partial charge in [-0.2, -0.15) is 13.2 Å². The SMILES string of the molecule is O=C(NC(c1ccccc1)c1cccc(OCc2ccc(C(=O)OCCCCNCC(O)c3ccc(O)c4[nH]c(=O)ccc34)c(C(F)(F)F)c2)c1)O[C@H]1CN2CCC1CC2. The molecule has 3 fully saturated rings. The number of phenols is 1. The first-order chi connectivity index (χ1) is 28.9. The molecular weight excluding hydrogens is 782 g/mol. The van der Waals surface area contributed by atoms with Gasteiger partial charge in [0, 0.05) is 24.5 Å². The number of phenolic OH excluding ortho intramolecular Hbond substituents is 1. The summed E-state index contributed by atoms with van der Waals surface area (Å²) in [7, 11) is 0. The van der Waals surface area contributed by atoms with Crippen molar-refractivity contribution in [2.45, 2.75) is 56.7 Å². The topological polar surface area (TPSA) is 162 Å². The summed E-state index contributed by atoms with van der Waals surface area (Å²) in [5.74, 6) is -0.507. The number of benzene rings is 4. The first kappa shape index (κ1) is 42.2. The number of pyridine rings is 1. The van der Waals surface area contributed by atoms with E-state index in [1.165, 1.54) is 24.3 Å². The van der Waals surface area contributed by atoms with Crippen LogP contribution in [0.3, 0.4) is 0 Å². The maximum absolute atomic E-state index is 14.2. The molecule has 2 unspecified atom stereocenters. The van der Waals surface area contributed by atoms with Crippen molar-refractivity contribution in [1.82, 2.24) is 20.5 Å². The van der Waals surface area contributed by atoms with E-state index in [1.54, 1.807) is 24.3 Å². The van der Waals surface area contributed by atoms with Crippen molar-refractivity contribution in [2.75, 3.05) is 39.3 Å². The number of hydrogen-bond donors (Lipinski definition) is 5. The number of halogens is 3. The van der Waals surface area contributed by atoms with E-state index < -0.39 is 41.5 Å². The normalized spacial score (nSPS) is 18.4. The lowest BCUT2D eigenvalue weighted by Crippen LogP contribution is -2.52. The Balaban J connectivity index is 0.911. The highest BCUT2D eigenvalue weighted by Gasteiger charge is 2.38. The zero-order chi connectivity index (χ0) is 42.2. The van der Waals surface area contributed by atoms with E-state index in [4.69, 9.17) is 14.2 Å². The van der Waals surface area contributed by atoms with E-state index in [9.17, 15) is 37.8 Å². The van der Waals surface area contributed by atoms with Gasteiger partial charge < -0.3 is 40.0 Å². The third-order valence-electron chi connectivity index (χ3n) is 11.0. The number of aliphatic hydroxyl groups is 1. The van der Waals surface area contributed by atoms with E-state index in [0.29, 0.717) is 47.6 Å². The predicted molar refractivity (Wildman–Crippen MR) is 217 cm³/mol. The van der Waals surface area contributed by atoms with Gasteiger partial charge in [0.05, 0.1) is 35.4 Å². The summed E-state index contributed by atoms with van der Waals surface area (Å²) in [4.78, 5) is 42.6. The summed E-state index contributed by atoms with van der Waals surface area (Å²) in [6.07, 6.45) is -3.65. The average molecular weight is 829 g/mol. The van der Waals surface area contributed by atoms with Crippen LogP contribution in [0.2, 0.25) is 0 Å². The molecule has 4 heterocycles. The van der Waals surface area contributed by atoms with E-state index in [0.717, 1.165) is 50.2 Å². The van der Waals surface area contributed by atoms with Gasteiger partial charge in [-0.05, 0) is 110 Å². The van der Waals surface area contributed by atoms with E-state index >= 15 is 0 Å². The second kappa shape index (κ2) is 19.0. The average Bonchev–Trinajstić information content (AvgIpc) is 3.25. The third-order valence-corrected chi connectivity index (χ3v) is 11.0. The lowest BCUT2D eigenvalue weighted by atomic mass is 9.86. The number of nitrogens with zero attached hydrogens (tertiary/aromatic N) is 1. The number of rotatable bonds is 16. The summed E-state index contributed by atoms with van der Waals surface area (Å²) >= 11 is 0. The van der Waals surface area contributed by atoms with Crippen LogP contribution in [0, 0.1) is 5.92 Å². The summed E-state index contributed by atoms with van der Waals surface area (Å²) in [6.45, 7) is 2.99. The number of aliphatic hydroxyl groups excluding tert-OH is 1. The van der Waals surface area contributed by atoms with Gasteiger partial charge in [-0.15, -0.1) is 0 Å². The van der Waals surface area contributed by atoms with Crippen LogP contribution in [0.25, 0.3) is 10.9 Å². The number of alkyl carbamates (subject to hydrolysis) is 1. The zero-order valence-corrected chi connectivity index (χ0v) is 32.8. The van der Waals surface area contributed by atoms with Gasteiger partial charge in [-0.3, -0.25) is 9.69 Å². The monoisotopic (exact) mass is 828 g/mol. The first-order valence-electron chi connectivity index (χ1n) is 20.0. The lowest BCUT2D eigenvalue weighted by molar-refractivity contribution is -0.138. The molecule has 316 valence electrons. The molecule has 0 radical (unpaired) electrons. The third kappa shape index (κ3) is 10.4. The Morgan fingerprint density at radius 1 is 0.917 bits per heavy atom. The number of unbranched alkanes of at least 4 members (excludes halogenated alkanes) is 1. The van der Waals surface area contributed by atoms with Gasteiger partial charge in [0.2, 0.25) is 5.56 Å². The fourth-order valence-corrected chi connectivity index (χ4v) is 7.88. The predicted octanol–water partition coefficient (Wildman–Crippen LogP) is 7.00. The lowest BCUT2D eigenvalue weighted by Gasteiger charge is -2.43. The molecule has 3 aliphatic heterocycles. The van der Waals surface area contributed by atoms with Crippen LogP contribution < -0.4 is 20.9 Å². The van der Waals surface area contributed by atoms with Crippen molar-refractivity contribution in [2.24, 2.45) is 5.92 Å². The fraction of sp³-hybridized carbons (Fsp3) is 0.356. The van der Waals surface area contributed by atoms with Gasteiger partial charge in [0.15, 0.2) is 0 Å². The smallest absolute Gasteiger partial charge is 0.417 e. The summed E-state index contributed by atoms with van der Waals surface area (Å²) in [6, 6.07) is 24.9. The molecule has 0 saturated carbocycles. The van der Waals surface area contributed by atoms with Crippen LogP contribution >= 0.6 is 0 Å². The number of aromatic nitrogens is 1. The molecule has 3 atom stereocenters. The summed E-state index contributed by atoms with van der Waals surface area (Å²) in [5.41, 5.74) is 0.276. The second-order valence-corrected chi connectivity index (χ2v) is 15.2. The number of carbonyl (C=O) groups is 2. The van der Waals surface area contributed by atoms with E-state index in [1.807, 2.05) is 36.4 Å². The number of ether oxygens (including phenoxy) is 3. The Morgan fingerprint density at radius 3 is 2.45 bits per heavy atom. The Morgan fingerprint density at radius 2 is 1.70 bits per heavy atom. The van der Waals surface area contributed by atoms with Crippen molar-refractivity contribution >= 4 is 23.0 Å². The van der Waals surface area contributed by atoms with E-state index in [-0.39, 0.29) is 48.3 Å². The van der Waals surface area contributed by atoms with E-state index in [2.05, 4.69) is 20.5 Å². The highest BCUT2D eigenvalue weighted by Crippen LogP contribution is 2.35. The molecule has 2 bridgehead atoms. The minimum Gasteiger partial charge on any atom is -0.506 e. The molecule has 3 aliphatic rings. The van der Waals surface area contributed by atoms with Crippen molar-refractivity contribution in [3.8, 4) is 11.5 Å². The minimum absolute atomic E-state index is 0.117. The quantitative estimate of drug-likeness (QED) is 0.0517. The van der Waals surface area contributed by atoms with Crippen LogP contribution in [0.15, 0.2) is 102 Å². The van der Waals surface area contributed by atoms with Crippen molar-refractivity contribution in [3.05, 3.63) is 141 Å². The van der Waals surface area contributed by atoms with Crippen molar-refractivity contribution < 1.29 is 47.2 Å². The van der Waals surface area contributed by atoms with Crippen LogP contribution in [0.4, 0.5) is 18.0 Å². The number of alkyl halides is 3. The molecule has 4 aromatic carbocycles.